The summed E-state index contributed by atoms with van der Waals surface area (Å²) < 4.78 is 0. The van der Waals surface area contributed by atoms with Gasteiger partial charge in [0.25, 0.3) is 17.3 Å². The van der Waals surface area contributed by atoms with Gasteiger partial charge < -0.3 is 0 Å². The normalized spacial score (nSPS) is 10.8. The average molecular weight is 426 g/mol. The van der Waals surface area contributed by atoms with Crippen molar-refractivity contribution < 1.29 is 14.6 Å². The summed E-state index contributed by atoms with van der Waals surface area (Å²) in [6.45, 7) is 4.30. The van der Waals surface area contributed by atoms with Crippen molar-refractivity contribution in [2.75, 3.05) is 5.32 Å². The number of thiazole rings is 1. The van der Waals surface area contributed by atoms with Crippen molar-refractivity contribution >= 4 is 33.8 Å². The Hall–Kier alpha value is -3.66. The van der Waals surface area contributed by atoms with E-state index in [1.165, 1.54) is 16.9 Å². The maximum Gasteiger partial charge on any atom is 0.277 e. The Morgan fingerprint density at radius 2 is 1.67 bits per heavy atom. The van der Waals surface area contributed by atoms with Crippen molar-refractivity contribution in [3.63, 3.8) is 0 Å². The van der Waals surface area contributed by atoms with Crippen LogP contribution in [0.3, 0.4) is 0 Å². The third-order valence-corrected chi connectivity index (χ3v) is 4.96. The zero-order chi connectivity index (χ0) is 21.8. The zero-order valence-electron chi connectivity index (χ0n) is 16.2. The molecule has 0 unspecified atom stereocenters. The number of nitro groups is 2. The first-order valence-corrected chi connectivity index (χ1v) is 9.91. The molecule has 0 bridgehead atoms. The minimum absolute atomic E-state index is 0.189. The van der Waals surface area contributed by atoms with Crippen LogP contribution in [0.1, 0.15) is 29.8 Å². The molecule has 1 N–H and O–H groups in total. The predicted octanol–water partition coefficient (Wildman–Crippen LogP) is 5.08. The van der Waals surface area contributed by atoms with Crippen LogP contribution >= 0.6 is 11.3 Å². The van der Waals surface area contributed by atoms with Gasteiger partial charge in [0.2, 0.25) is 0 Å². The third-order valence-electron chi connectivity index (χ3n) is 4.20. The highest BCUT2D eigenvalue weighted by Crippen LogP contribution is 2.27. The Kier molecular flexibility index (Phi) is 6.17. The number of hydrogen-bond donors (Lipinski definition) is 1. The van der Waals surface area contributed by atoms with Gasteiger partial charge in [-0.1, -0.05) is 38.1 Å². The van der Waals surface area contributed by atoms with E-state index in [2.05, 4.69) is 24.1 Å². The molecule has 10 heteroatoms. The number of nitrogens with zero attached hydrogens (tertiary/aromatic N) is 3. The lowest BCUT2D eigenvalue weighted by molar-refractivity contribution is -0.394. The minimum Gasteiger partial charge on any atom is -0.298 e. The lowest BCUT2D eigenvalue weighted by Gasteiger charge is -2.05. The number of benzene rings is 2. The number of hydrogen-bond acceptors (Lipinski definition) is 7. The molecule has 3 rings (SSSR count). The van der Waals surface area contributed by atoms with Crippen molar-refractivity contribution in [2.24, 2.45) is 5.92 Å². The quantitative estimate of drug-likeness (QED) is 0.414. The Morgan fingerprint density at radius 3 is 2.20 bits per heavy atom. The highest BCUT2D eigenvalue weighted by atomic mass is 32.1. The van der Waals surface area contributed by atoms with Crippen LogP contribution in [0, 0.1) is 26.1 Å². The summed E-state index contributed by atoms with van der Waals surface area (Å²) in [6, 6.07) is 10.8. The van der Waals surface area contributed by atoms with E-state index in [1.54, 1.807) is 5.38 Å². The zero-order valence-corrected chi connectivity index (χ0v) is 17.0. The SMILES string of the molecule is CC(C)Cc1ccc(-c2csc(NC(=O)c3cc([N+](=O)[O-])cc([N+](=O)[O-])c3)n2)cc1. The fourth-order valence-electron chi connectivity index (χ4n) is 2.85. The van der Waals surface area contributed by atoms with Gasteiger partial charge in [-0.2, -0.15) is 0 Å². The van der Waals surface area contributed by atoms with Gasteiger partial charge in [-0.05, 0) is 17.9 Å². The molecule has 3 aromatic rings. The molecular formula is C20H18N4O5S. The summed E-state index contributed by atoms with van der Waals surface area (Å²) in [5.41, 5.74) is 1.54. The first-order valence-electron chi connectivity index (χ1n) is 9.03. The molecule has 1 aromatic heterocycles. The molecule has 0 saturated carbocycles. The van der Waals surface area contributed by atoms with Crippen molar-refractivity contribution in [2.45, 2.75) is 20.3 Å². The van der Waals surface area contributed by atoms with Crippen molar-refractivity contribution in [1.29, 1.82) is 0 Å². The molecule has 1 amide bonds. The van der Waals surface area contributed by atoms with Gasteiger partial charge in [0.1, 0.15) is 0 Å². The molecule has 0 fully saturated rings. The second kappa shape index (κ2) is 8.78. The molecule has 1 heterocycles. The molecule has 0 saturated heterocycles. The van der Waals surface area contributed by atoms with Crippen LogP contribution in [0.4, 0.5) is 16.5 Å². The van der Waals surface area contributed by atoms with E-state index in [9.17, 15) is 25.0 Å². The van der Waals surface area contributed by atoms with Crippen LogP contribution in [0.25, 0.3) is 11.3 Å². The third kappa shape index (κ3) is 5.03. The van der Waals surface area contributed by atoms with E-state index in [0.717, 1.165) is 30.2 Å². The van der Waals surface area contributed by atoms with Gasteiger partial charge in [-0.25, -0.2) is 4.98 Å². The molecule has 0 aliphatic heterocycles. The van der Waals surface area contributed by atoms with Crippen LogP contribution in [-0.4, -0.2) is 20.7 Å². The molecule has 0 aliphatic carbocycles. The standard InChI is InChI=1S/C20H18N4O5S/c1-12(2)7-13-3-5-14(6-4-13)18-11-30-20(21-18)22-19(25)15-8-16(23(26)27)10-17(9-15)24(28)29/h3-6,8-12H,7H2,1-2H3,(H,21,22,25). The molecule has 9 nitrogen and oxygen atoms in total. The number of amides is 1. The van der Waals surface area contributed by atoms with Crippen molar-refractivity contribution in [1.82, 2.24) is 4.98 Å². The van der Waals surface area contributed by atoms with Crippen molar-refractivity contribution in [3.8, 4) is 11.3 Å². The Labute approximate surface area is 175 Å². The largest absolute Gasteiger partial charge is 0.298 e. The maximum atomic E-state index is 12.5. The Balaban J connectivity index is 1.78. The fourth-order valence-corrected chi connectivity index (χ4v) is 3.57. The molecular weight excluding hydrogens is 408 g/mol. The maximum absolute atomic E-state index is 12.5. The molecule has 30 heavy (non-hydrogen) atoms. The molecule has 2 aromatic carbocycles. The van der Waals surface area contributed by atoms with E-state index in [4.69, 9.17) is 0 Å². The molecule has 0 spiro atoms. The van der Waals surface area contributed by atoms with Gasteiger partial charge in [-0.15, -0.1) is 11.3 Å². The number of carbonyl (C=O) groups is 1. The van der Waals surface area contributed by atoms with Gasteiger partial charge in [-0.3, -0.25) is 30.3 Å². The summed E-state index contributed by atoms with van der Waals surface area (Å²) in [4.78, 5) is 37.3. The van der Waals surface area contributed by atoms with Crippen LogP contribution in [0.15, 0.2) is 47.8 Å². The summed E-state index contributed by atoms with van der Waals surface area (Å²) in [5.74, 6) is -0.156. The summed E-state index contributed by atoms with van der Waals surface area (Å²) in [7, 11) is 0. The van der Waals surface area contributed by atoms with Gasteiger partial charge >= 0.3 is 0 Å². The highest BCUT2D eigenvalue weighted by Gasteiger charge is 2.20. The van der Waals surface area contributed by atoms with Gasteiger partial charge in [0.05, 0.1) is 27.2 Å². The minimum atomic E-state index is -0.784. The topological polar surface area (TPSA) is 128 Å². The van der Waals surface area contributed by atoms with Crippen LogP contribution in [0.2, 0.25) is 0 Å². The van der Waals surface area contributed by atoms with Crippen LogP contribution < -0.4 is 5.32 Å². The number of anilines is 1. The van der Waals surface area contributed by atoms with Gasteiger partial charge in [0, 0.05) is 23.1 Å². The Bertz CT molecular complexity index is 1080. The van der Waals surface area contributed by atoms with E-state index in [1.807, 2.05) is 24.3 Å². The monoisotopic (exact) mass is 426 g/mol. The average Bonchev–Trinajstić information content (AvgIpc) is 3.16. The summed E-state index contributed by atoms with van der Waals surface area (Å²) in [5, 5.41) is 26.6. The smallest absolute Gasteiger partial charge is 0.277 e. The predicted molar refractivity (Wildman–Crippen MR) is 114 cm³/mol. The first kappa shape index (κ1) is 21.1. The van der Waals surface area contributed by atoms with Crippen LogP contribution in [0.5, 0.6) is 0 Å². The first-order chi connectivity index (χ1) is 14.2. The Morgan fingerprint density at radius 1 is 1.07 bits per heavy atom. The molecule has 154 valence electrons. The number of nitro benzene ring substituents is 2. The molecule has 0 radical (unpaired) electrons. The number of aromatic nitrogens is 1. The van der Waals surface area contributed by atoms with E-state index >= 15 is 0 Å². The highest BCUT2D eigenvalue weighted by molar-refractivity contribution is 7.14. The second-order valence-electron chi connectivity index (χ2n) is 7.04. The van der Waals surface area contributed by atoms with Crippen molar-refractivity contribution in [3.05, 3.63) is 79.2 Å². The van der Waals surface area contributed by atoms with E-state index in [0.29, 0.717) is 11.6 Å². The molecule has 0 atom stereocenters. The molecule has 0 aliphatic rings. The lowest BCUT2D eigenvalue weighted by Crippen LogP contribution is -2.12. The summed E-state index contributed by atoms with van der Waals surface area (Å²) in [6.07, 6.45) is 0.980. The lowest BCUT2D eigenvalue weighted by atomic mass is 10.0. The van der Waals surface area contributed by atoms with Crippen LogP contribution in [-0.2, 0) is 6.42 Å². The number of rotatable bonds is 7. The number of non-ortho nitro benzene ring substituents is 2. The van der Waals surface area contributed by atoms with E-state index < -0.39 is 27.1 Å². The fraction of sp³-hybridized carbons (Fsp3) is 0.200. The van der Waals surface area contributed by atoms with Gasteiger partial charge in [0.15, 0.2) is 5.13 Å². The van der Waals surface area contributed by atoms with E-state index in [-0.39, 0.29) is 10.7 Å². The summed E-state index contributed by atoms with van der Waals surface area (Å²) >= 11 is 1.19. The number of nitrogens with one attached hydrogen (secondary N) is 1. The number of carbonyl (C=O) groups excluding carboxylic acids is 1. The second-order valence-corrected chi connectivity index (χ2v) is 7.90.